The summed E-state index contributed by atoms with van der Waals surface area (Å²) in [6.45, 7) is 0. The molecule has 0 bridgehead atoms. The fourth-order valence-corrected chi connectivity index (χ4v) is 3.68. The minimum absolute atomic E-state index is 0. The summed E-state index contributed by atoms with van der Waals surface area (Å²) in [6, 6.07) is 12.9. The summed E-state index contributed by atoms with van der Waals surface area (Å²) < 4.78 is 19.5. The van der Waals surface area contributed by atoms with Crippen molar-refractivity contribution in [1.82, 2.24) is 0 Å². The van der Waals surface area contributed by atoms with Gasteiger partial charge in [0.05, 0.1) is 12.7 Å². The van der Waals surface area contributed by atoms with Crippen LogP contribution in [-0.2, 0) is 12.8 Å². The van der Waals surface area contributed by atoms with Crippen LogP contribution >= 0.6 is 0 Å². The van der Waals surface area contributed by atoms with Crippen molar-refractivity contribution < 1.29 is 55.1 Å². The number of aromatic hydroxyl groups is 1. The van der Waals surface area contributed by atoms with E-state index in [1.807, 2.05) is 0 Å². The van der Waals surface area contributed by atoms with Crippen molar-refractivity contribution in [3.63, 3.8) is 0 Å². The van der Waals surface area contributed by atoms with Gasteiger partial charge in [0.1, 0.15) is 5.82 Å². The maximum atomic E-state index is 14.3. The summed E-state index contributed by atoms with van der Waals surface area (Å²) in [5.74, 6) is -1.20. The Morgan fingerprint density at radius 2 is 1.64 bits per heavy atom. The summed E-state index contributed by atoms with van der Waals surface area (Å²) in [5.41, 5.74) is 4.08. The largest absolute Gasteiger partial charge is 1.00 e. The molecule has 0 unspecified atom stereocenters. The Morgan fingerprint density at radius 1 is 1.00 bits per heavy atom. The zero-order chi connectivity index (χ0) is 19.1. The summed E-state index contributed by atoms with van der Waals surface area (Å²) in [4.78, 5) is 11.9. The fourth-order valence-electron chi connectivity index (χ4n) is 3.68. The van der Waals surface area contributed by atoms with E-state index in [4.69, 9.17) is 4.74 Å². The molecule has 138 valence electrons. The molecule has 1 aliphatic carbocycles. The van der Waals surface area contributed by atoms with E-state index < -0.39 is 11.8 Å². The van der Waals surface area contributed by atoms with E-state index in [-0.39, 0.29) is 47.9 Å². The molecule has 2 N–H and O–H groups in total. The molecule has 4 rings (SSSR count). The van der Waals surface area contributed by atoms with E-state index in [1.165, 1.54) is 13.2 Å². The number of phenolic OH excluding ortho intramolecular Hbond substituents is 1. The number of rotatable bonds is 3. The number of fused-ring (bicyclic) bond motifs is 3. The summed E-state index contributed by atoms with van der Waals surface area (Å²) in [6.07, 6.45) is 1.42. The van der Waals surface area contributed by atoms with E-state index in [2.05, 4.69) is 0 Å². The molecule has 0 radical (unpaired) electrons. The molecule has 3 aromatic rings. The van der Waals surface area contributed by atoms with Crippen LogP contribution in [0.5, 0.6) is 11.5 Å². The van der Waals surface area contributed by atoms with Gasteiger partial charge >= 0.3 is 35.5 Å². The van der Waals surface area contributed by atoms with Gasteiger partial charge in [-0.15, -0.1) is 0 Å². The Kier molecular flexibility index (Phi) is 5.79. The van der Waals surface area contributed by atoms with Crippen LogP contribution in [0.3, 0.4) is 0 Å². The van der Waals surface area contributed by atoms with Gasteiger partial charge in [0.25, 0.3) is 0 Å². The van der Waals surface area contributed by atoms with E-state index in [9.17, 15) is 19.4 Å². The Balaban J connectivity index is 0.00000150. The number of carboxylic acid groups (broad SMARTS) is 1. The third-order valence-electron chi connectivity index (χ3n) is 5.00. The number of ether oxygens (including phenoxy) is 1. The summed E-state index contributed by atoms with van der Waals surface area (Å²) in [7, 11) is 1.49. The molecule has 0 spiro atoms. The van der Waals surface area contributed by atoms with Crippen molar-refractivity contribution in [1.29, 1.82) is 0 Å². The summed E-state index contributed by atoms with van der Waals surface area (Å²) in [5, 5.41) is 19.9. The maximum absolute atomic E-state index is 14.3. The number of benzene rings is 3. The molecule has 0 atom stereocenters. The van der Waals surface area contributed by atoms with Gasteiger partial charge in [-0.1, -0.05) is 18.2 Å². The predicted molar refractivity (Wildman–Crippen MR) is 101 cm³/mol. The molecule has 6 heteroatoms. The van der Waals surface area contributed by atoms with E-state index in [0.717, 1.165) is 28.7 Å². The fraction of sp³-hybridized carbons (Fsp3) is 0.136. The molecule has 0 saturated heterocycles. The van der Waals surface area contributed by atoms with E-state index in [1.54, 1.807) is 42.5 Å². The average molecular weight is 388 g/mol. The van der Waals surface area contributed by atoms with E-state index >= 15 is 0 Å². The van der Waals surface area contributed by atoms with Gasteiger partial charge in [0, 0.05) is 5.56 Å². The second-order valence-corrected chi connectivity index (χ2v) is 6.52. The normalized spacial score (nSPS) is 11.8. The van der Waals surface area contributed by atoms with Gasteiger partial charge in [-0.05, 0) is 71.0 Å². The topological polar surface area (TPSA) is 66.8 Å². The van der Waals surface area contributed by atoms with E-state index in [0.29, 0.717) is 17.7 Å². The van der Waals surface area contributed by atoms with Gasteiger partial charge in [-0.3, -0.25) is 0 Å². The molecular weight excluding hydrogens is 370 g/mol. The molecule has 0 amide bonds. The quantitative estimate of drug-likeness (QED) is 0.672. The molecule has 0 fully saturated rings. The van der Waals surface area contributed by atoms with Crippen LogP contribution in [-0.4, -0.2) is 23.3 Å². The number of phenols is 1. The van der Waals surface area contributed by atoms with Gasteiger partial charge in [-0.2, -0.15) is 0 Å². The van der Waals surface area contributed by atoms with Crippen LogP contribution in [0.4, 0.5) is 4.39 Å². The number of aryl methyl sites for hydroxylation is 2. The second kappa shape index (κ2) is 7.95. The number of carboxylic acids is 1. The number of hydrogen-bond donors (Lipinski definition) is 2. The van der Waals surface area contributed by atoms with Crippen LogP contribution < -0.4 is 34.3 Å². The zero-order valence-corrected chi connectivity index (χ0v) is 17.6. The molecule has 0 saturated carbocycles. The minimum Gasteiger partial charge on any atom is -1.00 e. The number of hydrogen-bond acceptors (Lipinski definition) is 3. The van der Waals surface area contributed by atoms with Crippen molar-refractivity contribution in [3.8, 4) is 33.8 Å². The first-order valence-corrected chi connectivity index (χ1v) is 8.55. The van der Waals surface area contributed by atoms with Crippen molar-refractivity contribution in [2.45, 2.75) is 12.8 Å². The van der Waals surface area contributed by atoms with Crippen molar-refractivity contribution in [2.75, 3.05) is 7.11 Å². The van der Waals surface area contributed by atoms with Gasteiger partial charge < -0.3 is 16.4 Å². The molecule has 0 heterocycles. The second-order valence-electron chi connectivity index (χ2n) is 6.52. The molecule has 3 aromatic carbocycles. The predicted octanol–water partition coefficient (Wildman–Crippen LogP) is 1.79. The first kappa shape index (κ1) is 20.4. The number of aromatic carboxylic acids is 1. The monoisotopic (exact) mass is 388 g/mol. The molecule has 0 aromatic heterocycles. The third kappa shape index (κ3) is 3.41. The Labute approximate surface area is 185 Å². The first-order valence-electron chi connectivity index (χ1n) is 8.55. The van der Waals surface area contributed by atoms with Crippen molar-refractivity contribution in [3.05, 3.63) is 71.0 Å². The molecular formula is C22H18FNaO4. The first-order chi connectivity index (χ1) is 13.0. The third-order valence-corrected chi connectivity index (χ3v) is 5.00. The summed E-state index contributed by atoms with van der Waals surface area (Å²) >= 11 is 0. The van der Waals surface area contributed by atoms with Gasteiger partial charge in [-0.25, -0.2) is 9.18 Å². The van der Waals surface area contributed by atoms with Crippen molar-refractivity contribution >= 4 is 5.97 Å². The van der Waals surface area contributed by atoms with Crippen LogP contribution in [0.25, 0.3) is 22.3 Å². The molecule has 0 aliphatic heterocycles. The van der Waals surface area contributed by atoms with Crippen LogP contribution in [0.1, 0.15) is 22.9 Å². The minimum atomic E-state index is -1.12. The van der Waals surface area contributed by atoms with Gasteiger partial charge in [0.2, 0.25) is 0 Å². The van der Waals surface area contributed by atoms with Gasteiger partial charge in [0.15, 0.2) is 11.5 Å². The number of methoxy groups -OCH3 is 1. The number of halogens is 1. The maximum Gasteiger partial charge on any atom is 1.00 e. The Bertz CT molecular complexity index is 1080. The Hall–Kier alpha value is -2.34. The standard InChI is InChI=1S/C22H17FO4.Na.H/c1-27-21-9-13-7-6-12-8-17(14-4-2-3-5-19(14)23)18(22(25)26)10-15(12)16(13)11-20(21)24;;/h2-5,8-11,24H,6-7H2,1H3,(H,25,26);;/q;+1;-1. The SMILES string of the molecule is COc1cc2c(cc1O)-c1cc(C(=O)O)c(-c3ccccc3F)cc1CC2.[H-].[Na+]. The smallest absolute Gasteiger partial charge is 1.00 e. The number of carbonyl (C=O) groups is 1. The van der Waals surface area contributed by atoms with Crippen LogP contribution in [0.2, 0.25) is 0 Å². The zero-order valence-electron chi connectivity index (χ0n) is 16.6. The molecule has 4 nitrogen and oxygen atoms in total. The average Bonchev–Trinajstić information content (AvgIpc) is 2.66. The Morgan fingerprint density at radius 3 is 2.29 bits per heavy atom. The molecule has 28 heavy (non-hydrogen) atoms. The van der Waals surface area contributed by atoms with Crippen LogP contribution in [0, 0.1) is 5.82 Å². The van der Waals surface area contributed by atoms with Crippen LogP contribution in [0.15, 0.2) is 48.5 Å². The molecule has 1 aliphatic rings. The van der Waals surface area contributed by atoms with Crippen molar-refractivity contribution in [2.24, 2.45) is 0 Å².